The fraction of sp³-hybridized carbons (Fsp3) is 0.167. The molecule has 2 aliphatic heterocycles. The summed E-state index contributed by atoms with van der Waals surface area (Å²) in [6.45, 7) is 0. The second-order valence-electron chi connectivity index (χ2n) is 2.21. The van der Waals surface area contributed by atoms with Crippen LogP contribution in [0.2, 0.25) is 0 Å². The van der Waals surface area contributed by atoms with Crippen LogP contribution >= 0.6 is 11.6 Å². The molecule has 0 spiro atoms. The Morgan fingerprint density at radius 1 is 1.45 bits per heavy atom. The largest absolute Gasteiger partial charge is 0.368 e. The molecule has 0 radical (unpaired) electrons. The number of nitrogens with zero attached hydrogens (tertiary/aromatic N) is 3. The van der Waals surface area contributed by atoms with E-state index < -0.39 is 0 Å². The molecule has 2 heterocycles. The zero-order valence-electron chi connectivity index (χ0n) is 5.53. The molecule has 0 saturated carbocycles. The minimum atomic E-state index is -0.0658. The number of halogens is 1. The van der Waals surface area contributed by atoms with Gasteiger partial charge in [-0.05, 0) is 6.08 Å². The standard InChI is InChI=1S/C6H5ClN4/c7-4-3-1-2-9-5(3)11-6(8)10-4/h1-3H,(H2,8,9,11)/t3-/m1/s1. The predicted molar refractivity (Wildman–Crippen MR) is 45.0 cm³/mol. The maximum Gasteiger partial charge on any atom is 0.222 e. The molecule has 2 N–H and O–H groups in total. The lowest BCUT2D eigenvalue weighted by molar-refractivity contribution is 1.19. The summed E-state index contributed by atoms with van der Waals surface area (Å²) < 4.78 is 0. The fourth-order valence-electron chi connectivity index (χ4n) is 0.978. The van der Waals surface area contributed by atoms with E-state index in [0.29, 0.717) is 11.0 Å². The Bertz CT molecular complexity index is 313. The average Bonchev–Trinajstić information content (AvgIpc) is 2.34. The minimum absolute atomic E-state index is 0.0658. The predicted octanol–water partition coefficient (Wildman–Crippen LogP) is 0.494. The molecule has 0 amide bonds. The molecule has 1 atom stereocenters. The van der Waals surface area contributed by atoms with Crippen LogP contribution in [0.1, 0.15) is 0 Å². The molecule has 0 aromatic heterocycles. The van der Waals surface area contributed by atoms with Gasteiger partial charge in [0.1, 0.15) is 11.0 Å². The van der Waals surface area contributed by atoms with E-state index in [1.807, 2.05) is 6.08 Å². The molecule has 0 saturated heterocycles. The highest BCUT2D eigenvalue weighted by atomic mass is 35.5. The maximum absolute atomic E-state index is 5.77. The molecule has 2 aliphatic rings. The van der Waals surface area contributed by atoms with Crippen LogP contribution in [0.25, 0.3) is 0 Å². The number of hydrogen-bond donors (Lipinski definition) is 1. The lowest BCUT2D eigenvalue weighted by Crippen LogP contribution is -2.25. The van der Waals surface area contributed by atoms with E-state index in [4.69, 9.17) is 17.3 Å². The molecule has 11 heavy (non-hydrogen) atoms. The zero-order chi connectivity index (χ0) is 7.84. The van der Waals surface area contributed by atoms with Crippen LogP contribution in [0.5, 0.6) is 0 Å². The van der Waals surface area contributed by atoms with Gasteiger partial charge in [-0.1, -0.05) is 11.6 Å². The van der Waals surface area contributed by atoms with Gasteiger partial charge in [0.25, 0.3) is 0 Å². The Hall–Kier alpha value is -1.16. The van der Waals surface area contributed by atoms with Crippen molar-refractivity contribution in [2.75, 3.05) is 0 Å². The van der Waals surface area contributed by atoms with Gasteiger partial charge in [0, 0.05) is 6.20 Å². The third kappa shape index (κ3) is 0.952. The summed E-state index contributed by atoms with van der Waals surface area (Å²) in [6, 6.07) is 0. The van der Waals surface area contributed by atoms with Crippen molar-refractivity contribution < 1.29 is 0 Å². The van der Waals surface area contributed by atoms with Crippen LogP contribution in [-0.4, -0.2) is 17.0 Å². The lowest BCUT2D eigenvalue weighted by Gasteiger charge is -2.10. The van der Waals surface area contributed by atoms with Crippen LogP contribution in [0.3, 0.4) is 0 Å². The summed E-state index contributed by atoms with van der Waals surface area (Å²) >= 11 is 5.77. The molecular formula is C6H5ClN4. The number of fused-ring (bicyclic) bond motifs is 1. The Morgan fingerprint density at radius 2 is 2.27 bits per heavy atom. The zero-order valence-corrected chi connectivity index (χ0v) is 6.28. The summed E-state index contributed by atoms with van der Waals surface area (Å²) in [6.07, 6.45) is 3.48. The highest BCUT2D eigenvalue weighted by Crippen LogP contribution is 2.18. The van der Waals surface area contributed by atoms with Gasteiger partial charge in [-0.3, -0.25) is 0 Å². The SMILES string of the molecule is NC1=NC2=NC=C[C@@H]2C(Cl)=N1. The number of nitrogens with two attached hydrogens (primary N) is 1. The third-order valence-electron chi connectivity index (χ3n) is 1.47. The van der Waals surface area contributed by atoms with Crippen LogP contribution in [0.4, 0.5) is 0 Å². The molecule has 0 aliphatic carbocycles. The summed E-state index contributed by atoms with van der Waals surface area (Å²) in [4.78, 5) is 11.7. The van der Waals surface area contributed by atoms with Gasteiger partial charge in [-0.2, -0.15) is 4.99 Å². The molecule has 0 unspecified atom stereocenters. The van der Waals surface area contributed by atoms with E-state index in [1.165, 1.54) is 0 Å². The monoisotopic (exact) mass is 168 g/mol. The van der Waals surface area contributed by atoms with E-state index in [0.717, 1.165) is 0 Å². The second-order valence-corrected chi connectivity index (χ2v) is 2.60. The van der Waals surface area contributed by atoms with Crippen molar-refractivity contribution in [3.8, 4) is 0 Å². The third-order valence-corrected chi connectivity index (χ3v) is 1.79. The Labute approximate surface area is 68.2 Å². The normalized spacial score (nSPS) is 27.4. The van der Waals surface area contributed by atoms with Crippen molar-refractivity contribution in [3.63, 3.8) is 0 Å². The smallest absolute Gasteiger partial charge is 0.222 e. The Balaban J connectivity index is 2.45. The summed E-state index contributed by atoms with van der Waals surface area (Å²) in [5, 5.41) is 0.435. The van der Waals surface area contributed by atoms with Gasteiger partial charge < -0.3 is 5.73 Å². The molecule has 0 aromatic rings. The summed E-state index contributed by atoms with van der Waals surface area (Å²) in [5.41, 5.74) is 5.35. The van der Waals surface area contributed by atoms with Crippen molar-refractivity contribution in [2.24, 2.45) is 26.6 Å². The highest BCUT2D eigenvalue weighted by Gasteiger charge is 2.24. The van der Waals surface area contributed by atoms with Gasteiger partial charge in [0.15, 0.2) is 0 Å². The summed E-state index contributed by atoms with van der Waals surface area (Å²) in [7, 11) is 0. The molecule has 56 valence electrons. The first-order chi connectivity index (χ1) is 5.27. The molecule has 4 nitrogen and oxygen atoms in total. The van der Waals surface area contributed by atoms with Gasteiger partial charge in [-0.25, -0.2) is 9.98 Å². The summed E-state index contributed by atoms with van der Waals surface area (Å²) in [5.74, 6) is 0.736. The number of hydrogen-bond acceptors (Lipinski definition) is 4. The van der Waals surface area contributed by atoms with Crippen molar-refractivity contribution >= 4 is 28.6 Å². The fourth-order valence-corrected chi connectivity index (χ4v) is 1.23. The van der Waals surface area contributed by atoms with Crippen molar-refractivity contribution in [1.29, 1.82) is 0 Å². The molecule has 0 fully saturated rings. The van der Waals surface area contributed by atoms with Gasteiger partial charge in [0.2, 0.25) is 5.96 Å². The van der Waals surface area contributed by atoms with Crippen LogP contribution in [0.15, 0.2) is 27.3 Å². The molecular weight excluding hydrogens is 164 g/mol. The maximum atomic E-state index is 5.77. The number of amidine groups is 1. The molecule has 5 heteroatoms. The van der Waals surface area contributed by atoms with Crippen molar-refractivity contribution in [1.82, 2.24) is 0 Å². The molecule has 0 bridgehead atoms. The van der Waals surface area contributed by atoms with Crippen LogP contribution in [-0.2, 0) is 0 Å². The highest BCUT2D eigenvalue weighted by molar-refractivity contribution is 6.69. The molecule has 2 rings (SSSR count). The first kappa shape index (κ1) is 6.54. The number of rotatable bonds is 0. The quantitative estimate of drug-likeness (QED) is 0.562. The minimum Gasteiger partial charge on any atom is -0.368 e. The first-order valence-electron chi connectivity index (χ1n) is 3.10. The lowest BCUT2D eigenvalue weighted by atomic mass is 10.1. The van der Waals surface area contributed by atoms with E-state index >= 15 is 0 Å². The first-order valence-corrected chi connectivity index (χ1v) is 3.48. The average molecular weight is 169 g/mol. The number of aliphatic imine (C=N–C) groups is 3. The van der Waals surface area contributed by atoms with Crippen LogP contribution in [0, 0.1) is 5.92 Å². The van der Waals surface area contributed by atoms with E-state index in [2.05, 4.69) is 15.0 Å². The number of guanidine groups is 1. The van der Waals surface area contributed by atoms with Gasteiger partial charge >= 0.3 is 0 Å². The Kier molecular flexibility index (Phi) is 1.29. The van der Waals surface area contributed by atoms with E-state index in [1.54, 1.807) is 6.20 Å². The van der Waals surface area contributed by atoms with Crippen molar-refractivity contribution in [2.45, 2.75) is 0 Å². The van der Waals surface area contributed by atoms with E-state index in [-0.39, 0.29) is 11.9 Å². The van der Waals surface area contributed by atoms with Gasteiger partial charge in [-0.15, -0.1) is 0 Å². The van der Waals surface area contributed by atoms with Crippen molar-refractivity contribution in [3.05, 3.63) is 12.3 Å². The second kappa shape index (κ2) is 2.17. The van der Waals surface area contributed by atoms with E-state index in [9.17, 15) is 0 Å². The molecule has 0 aromatic carbocycles. The Morgan fingerprint density at radius 3 is 3.09 bits per heavy atom. The topological polar surface area (TPSA) is 63.1 Å². The van der Waals surface area contributed by atoms with Crippen LogP contribution < -0.4 is 5.73 Å². The van der Waals surface area contributed by atoms with Gasteiger partial charge in [0.05, 0.1) is 5.92 Å².